The molecule has 0 saturated heterocycles. The Hall–Kier alpha value is -1.31. The first kappa shape index (κ1) is 14.7. The van der Waals surface area contributed by atoms with Gasteiger partial charge >= 0.3 is 0 Å². The van der Waals surface area contributed by atoms with Gasteiger partial charge in [0.2, 0.25) is 10.0 Å². The summed E-state index contributed by atoms with van der Waals surface area (Å²) >= 11 is 0. The van der Waals surface area contributed by atoms with Gasteiger partial charge in [0.1, 0.15) is 16.4 Å². The average molecular weight is 274 g/mol. The lowest BCUT2D eigenvalue weighted by atomic mass is 10.3. The highest BCUT2D eigenvalue weighted by Crippen LogP contribution is 2.28. The van der Waals surface area contributed by atoms with E-state index in [0.29, 0.717) is 25.3 Å². The lowest BCUT2D eigenvalue weighted by molar-refractivity contribution is 0.386. The molecule has 0 fully saturated rings. The topological polar surface area (TPSA) is 90.7 Å². The van der Waals surface area contributed by atoms with E-state index in [4.69, 9.17) is 15.2 Å². The Kier molecular flexibility index (Phi) is 5.39. The van der Waals surface area contributed by atoms with Crippen LogP contribution < -0.4 is 19.9 Å². The summed E-state index contributed by atoms with van der Waals surface area (Å²) in [5.74, 6) is 0.780. The lowest BCUT2D eigenvalue weighted by Crippen LogP contribution is -2.26. The van der Waals surface area contributed by atoms with Gasteiger partial charge in [0.15, 0.2) is 0 Å². The molecule has 0 aliphatic carbocycles. The van der Waals surface area contributed by atoms with E-state index in [1.54, 1.807) is 6.07 Å². The molecule has 0 amide bonds. The number of benzene rings is 1. The maximum Gasteiger partial charge on any atom is 0.244 e. The molecule has 0 spiro atoms. The van der Waals surface area contributed by atoms with Gasteiger partial charge in [-0.25, -0.2) is 13.1 Å². The number of sulfonamides is 1. The largest absolute Gasteiger partial charge is 0.497 e. The van der Waals surface area contributed by atoms with Crippen LogP contribution in [0.15, 0.2) is 23.1 Å². The number of methoxy groups -OCH3 is 2. The maximum atomic E-state index is 12.0. The zero-order chi connectivity index (χ0) is 13.6. The number of hydrogen-bond acceptors (Lipinski definition) is 5. The first-order chi connectivity index (χ1) is 8.55. The van der Waals surface area contributed by atoms with Crippen LogP contribution in [0.1, 0.15) is 6.42 Å². The zero-order valence-electron chi connectivity index (χ0n) is 10.5. The Labute approximate surface area is 107 Å². The van der Waals surface area contributed by atoms with E-state index in [1.807, 2.05) is 0 Å². The highest BCUT2D eigenvalue weighted by atomic mass is 32.2. The molecule has 7 heteroatoms. The van der Waals surface area contributed by atoms with Crippen LogP contribution in [0.3, 0.4) is 0 Å². The predicted molar refractivity (Wildman–Crippen MR) is 68.4 cm³/mol. The Balaban J connectivity index is 3.00. The second kappa shape index (κ2) is 6.58. The molecule has 0 radical (unpaired) electrons. The number of hydrogen-bond donors (Lipinski definition) is 2. The molecule has 0 atom stereocenters. The Morgan fingerprint density at radius 3 is 2.56 bits per heavy atom. The minimum Gasteiger partial charge on any atom is -0.497 e. The van der Waals surface area contributed by atoms with Gasteiger partial charge < -0.3 is 15.2 Å². The molecule has 1 aromatic rings. The highest BCUT2D eigenvalue weighted by Gasteiger charge is 2.19. The molecule has 1 rings (SSSR count). The van der Waals surface area contributed by atoms with Crippen LogP contribution in [0.5, 0.6) is 11.5 Å². The molecule has 1 aromatic carbocycles. The van der Waals surface area contributed by atoms with E-state index in [-0.39, 0.29) is 10.6 Å². The number of ether oxygens (including phenoxy) is 2. The van der Waals surface area contributed by atoms with Gasteiger partial charge in [-0.15, -0.1) is 0 Å². The van der Waals surface area contributed by atoms with E-state index in [0.717, 1.165) is 0 Å². The van der Waals surface area contributed by atoms with Crippen molar-refractivity contribution in [3.63, 3.8) is 0 Å². The Morgan fingerprint density at radius 1 is 1.28 bits per heavy atom. The molecule has 6 nitrogen and oxygen atoms in total. The molecule has 0 bridgehead atoms. The summed E-state index contributed by atoms with van der Waals surface area (Å²) in [4.78, 5) is 0.0859. The maximum absolute atomic E-state index is 12.0. The van der Waals surface area contributed by atoms with Crippen molar-refractivity contribution >= 4 is 10.0 Å². The van der Waals surface area contributed by atoms with Crippen molar-refractivity contribution in [1.29, 1.82) is 0 Å². The molecule has 3 N–H and O–H groups in total. The third kappa shape index (κ3) is 3.59. The standard InChI is InChI=1S/C11H18N2O4S/c1-16-9-4-5-11(10(8-9)17-2)18(14,15)13-7-3-6-12/h4-5,8,13H,3,6-7,12H2,1-2H3. The molecular weight excluding hydrogens is 256 g/mol. The fourth-order valence-electron chi connectivity index (χ4n) is 1.38. The number of nitrogens with two attached hydrogens (primary N) is 1. The van der Waals surface area contributed by atoms with Crippen molar-refractivity contribution in [3.8, 4) is 11.5 Å². The third-order valence-corrected chi connectivity index (χ3v) is 3.83. The molecule has 0 aliphatic rings. The first-order valence-electron chi connectivity index (χ1n) is 5.47. The Bertz CT molecular complexity index is 488. The summed E-state index contributed by atoms with van der Waals surface area (Å²) in [5.41, 5.74) is 5.31. The molecular formula is C11H18N2O4S. The summed E-state index contributed by atoms with van der Waals surface area (Å²) in [6, 6.07) is 4.54. The number of nitrogens with one attached hydrogen (secondary N) is 1. The van der Waals surface area contributed by atoms with Crippen molar-refractivity contribution in [2.24, 2.45) is 5.73 Å². The smallest absolute Gasteiger partial charge is 0.244 e. The third-order valence-electron chi connectivity index (χ3n) is 2.33. The fraction of sp³-hybridized carbons (Fsp3) is 0.455. The van der Waals surface area contributed by atoms with E-state index in [2.05, 4.69) is 4.72 Å². The van der Waals surface area contributed by atoms with Gasteiger partial charge in [-0.2, -0.15) is 0 Å². The lowest BCUT2D eigenvalue weighted by Gasteiger charge is -2.11. The van der Waals surface area contributed by atoms with Gasteiger partial charge in [0.05, 0.1) is 14.2 Å². The molecule has 0 aliphatic heterocycles. The summed E-state index contributed by atoms with van der Waals surface area (Å²) < 4.78 is 36.6. The van der Waals surface area contributed by atoms with E-state index in [9.17, 15) is 8.42 Å². The zero-order valence-corrected chi connectivity index (χ0v) is 11.3. The molecule has 18 heavy (non-hydrogen) atoms. The van der Waals surface area contributed by atoms with Crippen molar-refractivity contribution < 1.29 is 17.9 Å². The van der Waals surface area contributed by atoms with Gasteiger partial charge in [-0.3, -0.25) is 0 Å². The summed E-state index contributed by atoms with van der Waals surface area (Å²) in [6.07, 6.45) is 0.581. The minimum atomic E-state index is -3.59. The molecule has 0 aromatic heterocycles. The summed E-state index contributed by atoms with van der Waals surface area (Å²) in [7, 11) is -0.674. The molecule has 102 valence electrons. The van der Waals surface area contributed by atoms with Crippen molar-refractivity contribution in [3.05, 3.63) is 18.2 Å². The fourth-order valence-corrected chi connectivity index (χ4v) is 2.61. The van der Waals surface area contributed by atoms with Crippen molar-refractivity contribution in [2.75, 3.05) is 27.3 Å². The van der Waals surface area contributed by atoms with E-state index in [1.165, 1.54) is 26.4 Å². The minimum absolute atomic E-state index is 0.0859. The van der Waals surface area contributed by atoms with Crippen molar-refractivity contribution in [1.82, 2.24) is 4.72 Å². The van der Waals surface area contributed by atoms with Crippen molar-refractivity contribution in [2.45, 2.75) is 11.3 Å². The molecule has 0 heterocycles. The van der Waals surface area contributed by atoms with Crippen LogP contribution in [0.25, 0.3) is 0 Å². The van der Waals surface area contributed by atoms with Crippen LogP contribution in [0.4, 0.5) is 0 Å². The van der Waals surface area contributed by atoms with E-state index >= 15 is 0 Å². The Morgan fingerprint density at radius 2 is 2.00 bits per heavy atom. The first-order valence-corrected chi connectivity index (χ1v) is 6.95. The van der Waals surface area contributed by atoms with Gasteiger partial charge in [-0.1, -0.05) is 0 Å². The van der Waals surface area contributed by atoms with Gasteiger partial charge in [0.25, 0.3) is 0 Å². The summed E-state index contributed by atoms with van der Waals surface area (Å²) in [5, 5.41) is 0. The van der Waals surface area contributed by atoms with E-state index < -0.39 is 10.0 Å². The second-order valence-electron chi connectivity index (χ2n) is 3.56. The van der Waals surface area contributed by atoms with Crippen LogP contribution in [-0.2, 0) is 10.0 Å². The van der Waals surface area contributed by atoms with Gasteiger partial charge in [-0.05, 0) is 25.1 Å². The normalized spacial score (nSPS) is 11.3. The summed E-state index contributed by atoms with van der Waals surface area (Å²) in [6.45, 7) is 0.732. The second-order valence-corrected chi connectivity index (χ2v) is 5.29. The predicted octanol–water partition coefficient (Wildman–Crippen LogP) is 0.331. The SMILES string of the molecule is COc1ccc(S(=O)(=O)NCCCN)c(OC)c1. The van der Waals surface area contributed by atoms with Gasteiger partial charge in [0, 0.05) is 12.6 Å². The van der Waals surface area contributed by atoms with Crippen LogP contribution in [-0.4, -0.2) is 35.7 Å². The molecule has 0 saturated carbocycles. The quantitative estimate of drug-likeness (QED) is 0.699. The van der Waals surface area contributed by atoms with Crippen LogP contribution >= 0.6 is 0 Å². The monoisotopic (exact) mass is 274 g/mol. The number of rotatable bonds is 7. The van der Waals surface area contributed by atoms with Crippen LogP contribution in [0, 0.1) is 0 Å². The highest BCUT2D eigenvalue weighted by molar-refractivity contribution is 7.89. The van der Waals surface area contributed by atoms with Crippen LogP contribution in [0.2, 0.25) is 0 Å². The molecule has 0 unspecified atom stereocenters. The average Bonchev–Trinajstić information content (AvgIpc) is 2.38.